The average Bonchev–Trinajstić information content (AvgIpc) is 3.40. The number of para-hydroxylation sites is 1. The van der Waals surface area contributed by atoms with Gasteiger partial charge in [0.1, 0.15) is 28.8 Å². The first-order valence-electron chi connectivity index (χ1n) is 10.5. The van der Waals surface area contributed by atoms with E-state index in [2.05, 4.69) is 25.5 Å². The largest absolute Gasteiger partial charge is 0.497 e. The van der Waals surface area contributed by atoms with E-state index in [1.165, 1.54) is 0 Å². The van der Waals surface area contributed by atoms with Crippen molar-refractivity contribution in [3.8, 4) is 40.4 Å². The van der Waals surface area contributed by atoms with Crippen LogP contribution in [0.4, 0.5) is 11.5 Å². The summed E-state index contributed by atoms with van der Waals surface area (Å²) in [4.78, 5) is 9.30. The van der Waals surface area contributed by atoms with Crippen molar-refractivity contribution in [2.45, 2.75) is 0 Å². The van der Waals surface area contributed by atoms with Gasteiger partial charge in [0.2, 0.25) is 11.7 Å². The van der Waals surface area contributed by atoms with Gasteiger partial charge in [-0.2, -0.15) is 0 Å². The molecular weight excluding hydrogens is 470 g/mol. The number of aromatic nitrogens is 4. The second kappa shape index (κ2) is 9.47. The lowest BCUT2D eigenvalue weighted by Crippen LogP contribution is -2.02. The van der Waals surface area contributed by atoms with Gasteiger partial charge in [-0.1, -0.05) is 23.7 Å². The predicted molar refractivity (Wildman–Crippen MR) is 133 cm³/mol. The van der Waals surface area contributed by atoms with Gasteiger partial charge in [-0.25, -0.2) is 9.97 Å². The van der Waals surface area contributed by atoms with Gasteiger partial charge < -0.3 is 23.9 Å². The van der Waals surface area contributed by atoms with Crippen molar-refractivity contribution in [3.05, 3.63) is 65.7 Å². The molecule has 3 aromatic carbocycles. The zero-order chi connectivity index (χ0) is 24.4. The number of nitrogens with one attached hydrogen (secondary N) is 1. The lowest BCUT2D eigenvalue weighted by atomic mass is 10.2. The Hall–Kier alpha value is -4.37. The van der Waals surface area contributed by atoms with E-state index < -0.39 is 0 Å². The van der Waals surface area contributed by atoms with Crippen LogP contribution in [0, 0.1) is 0 Å². The van der Waals surface area contributed by atoms with E-state index in [1.54, 1.807) is 33.5 Å². The number of halogens is 1. The molecule has 0 bridgehead atoms. The Morgan fingerprint density at radius 2 is 1.54 bits per heavy atom. The van der Waals surface area contributed by atoms with E-state index in [1.807, 2.05) is 48.5 Å². The van der Waals surface area contributed by atoms with Crippen molar-refractivity contribution in [1.29, 1.82) is 0 Å². The molecule has 5 aromatic rings. The molecule has 5 rings (SSSR count). The zero-order valence-electron chi connectivity index (χ0n) is 19.1. The van der Waals surface area contributed by atoms with Gasteiger partial charge >= 0.3 is 0 Å². The summed E-state index contributed by atoms with van der Waals surface area (Å²) in [7, 11) is 4.73. The van der Waals surface area contributed by atoms with Gasteiger partial charge in [-0.15, -0.1) is 10.2 Å². The molecular formula is C25H20ClN5O4. The molecule has 10 heteroatoms. The van der Waals surface area contributed by atoms with Crippen LogP contribution in [-0.2, 0) is 0 Å². The van der Waals surface area contributed by atoms with Crippen LogP contribution < -0.4 is 19.5 Å². The smallest absolute Gasteiger partial charge is 0.286 e. The third kappa shape index (κ3) is 4.41. The number of ether oxygens (including phenoxy) is 3. The van der Waals surface area contributed by atoms with E-state index in [-0.39, 0.29) is 11.7 Å². The number of benzene rings is 3. The number of anilines is 2. The maximum Gasteiger partial charge on any atom is 0.286 e. The van der Waals surface area contributed by atoms with Crippen LogP contribution in [0.2, 0.25) is 5.02 Å². The van der Waals surface area contributed by atoms with E-state index in [0.717, 1.165) is 16.7 Å². The van der Waals surface area contributed by atoms with Crippen LogP contribution in [0.5, 0.6) is 17.2 Å². The highest BCUT2D eigenvalue weighted by Gasteiger charge is 2.18. The topological polar surface area (TPSA) is 104 Å². The second-order valence-corrected chi connectivity index (χ2v) is 7.77. The highest BCUT2D eigenvalue weighted by atomic mass is 35.5. The molecule has 0 amide bonds. The van der Waals surface area contributed by atoms with Gasteiger partial charge in [0.15, 0.2) is 0 Å². The molecule has 0 radical (unpaired) electrons. The molecule has 2 heterocycles. The van der Waals surface area contributed by atoms with Crippen LogP contribution in [-0.4, -0.2) is 41.5 Å². The van der Waals surface area contributed by atoms with Gasteiger partial charge in [-0.05, 0) is 36.4 Å². The number of methoxy groups -OCH3 is 3. The van der Waals surface area contributed by atoms with Crippen molar-refractivity contribution in [3.63, 3.8) is 0 Å². The van der Waals surface area contributed by atoms with Crippen molar-refractivity contribution in [2.75, 3.05) is 26.6 Å². The van der Waals surface area contributed by atoms with Crippen molar-refractivity contribution >= 4 is 34.0 Å². The Kier molecular flexibility index (Phi) is 6.07. The minimum absolute atomic E-state index is 0.178. The summed E-state index contributed by atoms with van der Waals surface area (Å²) >= 11 is 6.53. The molecule has 0 aliphatic carbocycles. The Bertz CT molecular complexity index is 1500. The number of rotatable bonds is 7. The maximum absolute atomic E-state index is 6.53. The van der Waals surface area contributed by atoms with Crippen molar-refractivity contribution in [1.82, 2.24) is 20.2 Å². The van der Waals surface area contributed by atoms with Crippen molar-refractivity contribution < 1.29 is 18.6 Å². The molecule has 0 spiro atoms. The van der Waals surface area contributed by atoms with Gasteiger partial charge in [0, 0.05) is 23.1 Å². The number of nitrogens with zero attached hydrogens (tertiary/aromatic N) is 4. The summed E-state index contributed by atoms with van der Waals surface area (Å²) in [5, 5.41) is 12.8. The molecule has 2 aromatic heterocycles. The fourth-order valence-electron chi connectivity index (χ4n) is 3.51. The highest BCUT2D eigenvalue weighted by Crippen LogP contribution is 2.39. The Morgan fingerprint density at radius 3 is 2.29 bits per heavy atom. The van der Waals surface area contributed by atoms with Crippen LogP contribution in [0.15, 0.2) is 65.1 Å². The molecule has 176 valence electrons. The van der Waals surface area contributed by atoms with Crippen LogP contribution in [0.1, 0.15) is 0 Å². The summed E-state index contributed by atoms with van der Waals surface area (Å²) in [5.74, 6) is 3.09. The standard InChI is InChI=1S/C25H20ClN5O4/c1-32-15-10-8-14(9-11-15)24-30-31-25(35-24)23-27-19-7-5-4-6-17(19)22(29-23)28-21-18(26)12-16(33-2)13-20(21)34-3/h4-13H,1-3H3,(H,27,28,29). The van der Waals surface area contributed by atoms with E-state index in [4.69, 9.17) is 30.2 Å². The Balaban J connectivity index is 1.57. The molecule has 0 atom stereocenters. The molecule has 0 saturated carbocycles. The predicted octanol–water partition coefficient (Wildman–Crippen LogP) is 5.77. The van der Waals surface area contributed by atoms with Gasteiger partial charge in [0.25, 0.3) is 5.89 Å². The molecule has 0 saturated heterocycles. The third-order valence-corrected chi connectivity index (χ3v) is 5.58. The molecule has 0 aliphatic rings. The molecule has 0 fully saturated rings. The summed E-state index contributed by atoms with van der Waals surface area (Å²) in [6, 6.07) is 18.3. The SMILES string of the molecule is COc1ccc(-c2nnc(-c3nc(Nc4c(Cl)cc(OC)cc4OC)c4ccccc4n3)o2)cc1. The fourth-order valence-corrected chi connectivity index (χ4v) is 3.76. The fraction of sp³-hybridized carbons (Fsp3) is 0.120. The minimum Gasteiger partial charge on any atom is -0.497 e. The average molecular weight is 490 g/mol. The van der Waals surface area contributed by atoms with E-state index >= 15 is 0 Å². The maximum atomic E-state index is 6.53. The Morgan fingerprint density at radius 1 is 0.800 bits per heavy atom. The summed E-state index contributed by atoms with van der Waals surface area (Å²) in [6.07, 6.45) is 0. The second-order valence-electron chi connectivity index (χ2n) is 7.37. The quantitative estimate of drug-likeness (QED) is 0.305. The first-order valence-corrected chi connectivity index (χ1v) is 10.9. The molecule has 0 aliphatic heterocycles. The first kappa shape index (κ1) is 22.4. The molecule has 1 N–H and O–H groups in total. The highest BCUT2D eigenvalue weighted by molar-refractivity contribution is 6.34. The van der Waals surface area contributed by atoms with E-state index in [0.29, 0.717) is 39.4 Å². The van der Waals surface area contributed by atoms with E-state index in [9.17, 15) is 0 Å². The number of hydrogen-bond donors (Lipinski definition) is 1. The lowest BCUT2D eigenvalue weighted by Gasteiger charge is -2.15. The van der Waals surface area contributed by atoms with Crippen molar-refractivity contribution in [2.24, 2.45) is 0 Å². The normalized spacial score (nSPS) is 10.9. The summed E-state index contributed by atoms with van der Waals surface area (Å²) < 4.78 is 21.9. The monoisotopic (exact) mass is 489 g/mol. The van der Waals surface area contributed by atoms with Gasteiger partial charge in [-0.3, -0.25) is 0 Å². The van der Waals surface area contributed by atoms with Gasteiger partial charge in [0.05, 0.1) is 31.9 Å². The molecule has 0 unspecified atom stereocenters. The minimum atomic E-state index is 0.178. The molecule has 35 heavy (non-hydrogen) atoms. The third-order valence-electron chi connectivity index (χ3n) is 5.28. The first-order chi connectivity index (χ1) is 17.1. The number of fused-ring (bicyclic) bond motifs is 1. The van der Waals surface area contributed by atoms with Crippen LogP contribution >= 0.6 is 11.6 Å². The van der Waals surface area contributed by atoms with Crippen LogP contribution in [0.3, 0.4) is 0 Å². The lowest BCUT2D eigenvalue weighted by molar-refractivity contribution is 0.395. The zero-order valence-corrected chi connectivity index (χ0v) is 19.8. The van der Waals surface area contributed by atoms with Crippen LogP contribution in [0.25, 0.3) is 34.1 Å². The summed E-state index contributed by atoms with van der Waals surface area (Å²) in [5.41, 5.74) is 1.97. The summed E-state index contributed by atoms with van der Waals surface area (Å²) in [6.45, 7) is 0. The molecule has 9 nitrogen and oxygen atoms in total. The number of hydrogen-bond acceptors (Lipinski definition) is 9. The Labute approximate surface area is 205 Å².